The Morgan fingerprint density at radius 2 is 1.76 bits per heavy atom. The Bertz CT molecular complexity index is 421. The molecule has 1 fully saturated rings. The maximum absolute atomic E-state index is 3.53. The second-order valence-electron chi connectivity index (χ2n) is 7.18. The molecule has 1 saturated carbocycles. The highest BCUT2D eigenvalue weighted by molar-refractivity contribution is 5.27. The molecule has 1 N–H and O–H groups in total. The molecule has 1 aromatic carbocycles. The Morgan fingerprint density at radius 3 is 2.33 bits per heavy atom. The van der Waals surface area contributed by atoms with E-state index in [-0.39, 0.29) is 0 Å². The van der Waals surface area contributed by atoms with Crippen LogP contribution < -0.4 is 5.32 Å². The van der Waals surface area contributed by atoms with E-state index in [1.165, 1.54) is 30.5 Å². The highest BCUT2D eigenvalue weighted by Gasteiger charge is 2.29. The Morgan fingerprint density at radius 1 is 1.10 bits per heavy atom. The minimum atomic E-state index is 0.570. The average Bonchev–Trinajstić information content (AvgIpc) is 3.23. The summed E-state index contributed by atoms with van der Waals surface area (Å²) in [6.07, 6.45) is 3.92. The number of rotatable bonds is 9. The minimum Gasteiger partial charge on any atom is -0.314 e. The highest BCUT2D eigenvalue weighted by atomic mass is 15.2. The molecule has 0 saturated heterocycles. The van der Waals surface area contributed by atoms with Crippen molar-refractivity contribution < 1.29 is 0 Å². The van der Waals surface area contributed by atoms with Crippen molar-refractivity contribution in [2.24, 2.45) is 5.92 Å². The SMILES string of the molecule is CC(C)CN(Cc1ccccc1CCNC(C)C)C1CC1. The van der Waals surface area contributed by atoms with Crippen molar-refractivity contribution in [2.75, 3.05) is 13.1 Å². The van der Waals surface area contributed by atoms with E-state index in [1.807, 2.05) is 0 Å². The maximum Gasteiger partial charge on any atom is 0.0239 e. The zero-order chi connectivity index (χ0) is 15.2. The molecular weight excluding hydrogens is 256 g/mol. The van der Waals surface area contributed by atoms with Gasteiger partial charge in [-0.2, -0.15) is 0 Å². The van der Waals surface area contributed by atoms with Crippen molar-refractivity contribution in [3.05, 3.63) is 35.4 Å². The van der Waals surface area contributed by atoms with Crippen LogP contribution in [0.4, 0.5) is 0 Å². The van der Waals surface area contributed by atoms with Crippen LogP contribution in [-0.2, 0) is 13.0 Å². The predicted molar refractivity (Wildman–Crippen MR) is 91.6 cm³/mol. The van der Waals surface area contributed by atoms with Crippen molar-refractivity contribution >= 4 is 0 Å². The van der Waals surface area contributed by atoms with Gasteiger partial charge in [0.05, 0.1) is 0 Å². The third-order valence-electron chi connectivity index (χ3n) is 4.10. The Balaban J connectivity index is 1.97. The summed E-state index contributed by atoms with van der Waals surface area (Å²) in [4.78, 5) is 2.69. The summed E-state index contributed by atoms with van der Waals surface area (Å²) in [6, 6.07) is 10.4. The molecule has 0 aromatic heterocycles. The third kappa shape index (κ3) is 5.80. The largest absolute Gasteiger partial charge is 0.314 e. The van der Waals surface area contributed by atoms with Gasteiger partial charge in [-0.1, -0.05) is 52.0 Å². The van der Waals surface area contributed by atoms with Crippen molar-refractivity contribution in [2.45, 2.75) is 65.6 Å². The van der Waals surface area contributed by atoms with Crippen LogP contribution in [0, 0.1) is 5.92 Å². The van der Waals surface area contributed by atoms with E-state index in [9.17, 15) is 0 Å². The summed E-state index contributed by atoms with van der Waals surface area (Å²) in [5.41, 5.74) is 3.04. The van der Waals surface area contributed by atoms with Crippen LogP contribution in [0.15, 0.2) is 24.3 Å². The smallest absolute Gasteiger partial charge is 0.0239 e. The second kappa shape index (κ2) is 7.95. The van der Waals surface area contributed by atoms with Gasteiger partial charge in [0.2, 0.25) is 0 Å². The van der Waals surface area contributed by atoms with Gasteiger partial charge in [0.1, 0.15) is 0 Å². The molecule has 0 radical (unpaired) electrons. The molecule has 21 heavy (non-hydrogen) atoms. The van der Waals surface area contributed by atoms with Gasteiger partial charge in [-0.05, 0) is 42.9 Å². The highest BCUT2D eigenvalue weighted by Crippen LogP contribution is 2.29. The minimum absolute atomic E-state index is 0.570. The Hall–Kier alpha value is -0.860. The lowest BCUT2D eigenvalue weighted by molar-refractivity contribution is 0.225. The van der Waals surface area contributed by atoms with Crippen LogP contribution in [0.3, 0.4) is 0 Å². The quantitative estimate of drug-likeness (QED) is 0.742. The number of hydrogen-bond donors (Lipinski definition) is 1. The fourth-order valence-electron chi connectivity index (χ4n) is 2.92. The van der Waals surface area contributed by atoms with Crippen molar-refractivity contribution in [3.8, 4) is 0 Å². The molecule has 0 aliphatic heterocycles. The predicted octanol–water partition coefficient (Wildman–Crippen LogP) is 3.85. The maximum atomic E-state index is 3.53. The zero-order valence-corrected chi connectivity index (χ0v) is 14.2. The van der Waals surface area contributed by atoms with Crippen LogP contribution in [0.1, 0.15) is 51.7 Å². The van der Waals surface area contributed by atoms with E-state index < -0.39 is 0 Å². The molecule has 0 amide bonds. The first-order valence-electron chi connectivity index (χ1n) is 8.60. The van der Waals surface area contributed by atoms with Crippen LogP contribution in [0.25, 0.3) is 0 Å². The van der Waals surface area contributed by atoms with E-state index in [1.54, 1.807) is 0 Å². The first-order valence-corrected chi connectivity index (χ1v) is 8.60. The van der Waals surface area contributed by atoms with Crippen LogP contribution in [0.2, 0.25) is 0 Å². The number of benzene rings is 1. The molecular formula is C19H32N2. The zero-order valence-electron chi connectivity index (χ0n) is 14.2. The number of nitrogens with zero attached hydrogens (tertiary/aromatic N) is 1. The first-order chi connectivity index (χ1) is 10.1. The summed E-state index contributed by atoms with van der Waals surface area (Å²) in [7, 11) is 0. The van der Waals surface area contributed by atoms with Crippen molar-refractivity contribution in [1.29, 1.82) is 0 Å². The van der Waals surface area contributed by atoms with Crippen LogP contribution >= 0.6 is 0 Å². The van der Waals surface area contributed by atoms with Gasteiger partial charge in [0.25, 0.3) is 0 Å². The second-order valence-corrected chi connectivity index (χ2v) is 7.18. The van der Waals surface area contributed by atoms with Crippen LogP contribution in [-0.4, -0.2) is 30.1 Å². The standard InChI is InChI=1S/C19H32N2/c1-15(2)13-21(19-9-10-19)14-18-8-6-5-7-17(18)11-12-20-16(3)4/h5-8,15-16,19-20H,9-14H2,1-4H3. The fourth-order valence-corrected chi connectivity index (χ4v) is 2.92. The Labute approximate surface area is 130 Å². The molecule has 1 aliphatic carbocycles. The molecule has 0 spiro atoms. The lowest BCUT2D eigenvalue weighted by atomic mass is 10.0. The summed E-state index contributed by atoms with van der Waals surface area (Å²) < 4.78 is 0. The summed E-state index contributed by atoms with van der Waals surface area (Å²) in [6.45, 7) is 12.5. The first kappa shape index (κ1) is 16.5. The van der Waals surface area contributed by atoms with E-state index in [4.69, 9.17) is 0 Å². The Kier molecular flexibility index (Phi) is 6.25. The van der Waals surface area contributed by atoms with Gasteiger partial charge in [0.15, 0.2) is 0 Å². The lowest BCUT2D eigenvalue weighted by Crippen LogP contribution is -2.30. The van der Waals surface area contributed by atoms with Crippen molar-refractivity contribution in [3.63, 3.8) is 0 Å². The number of nitrogens with one attached hydrogen (secondary N) is 1. The monoisotopic (exact) mass is 288 g/mol. The van der Waals surface area contributed by atoms with Crippen molar-refractivity contribution in [1.82, 2.24) is 10.2 Å². The molecule has 0 bridgehead atoms. The van der Waals surface area contributed by atoms with Gasteiger partial charge in [-0.3, -0.25) is 4.90 Å². The summed E-state index contributed by atoms with van der Waals surface area (Å²) in [5.74, 6) is 0.750. The molecule has 0 atom stereocenters. The van der Waals surface area contributed by atoms with E-state index in [0.29, 0.717) is 6.04 Å². The third-order valence-corrected chi connectivity index (χ3v) is 4.10. The average molecular weight is 288 g/mol. The number of hydrogen-bond acceptors (Lipinski definition) is 2. The van der Waals surface area contributed by atoms with Gasteiger partial charge in [-0.15, -0.1) is 0 Å². The summed E-state index contributed by atoms with van der Waals surface area (Å²) >= 11 is 0. The van der Waals surface area contributed by atoms with Gasteiger partial charge in [-0.25, -0.2) is 0 Å². The van der Waals surface area contributed by atoms with E-state index in [0.717, 1.165) is 31.5 Å². The normalized spacial score (nSPS) is 15.4. The van der Waals surface area contributed by atoms with E-state index >= 15 is 0 Å². The molecule has 2 heteroatoms. The van der Waals surface area contributed by atoms with Gasteiger partial charge in [0, 0.05) is 25.2 Å². The molecule has 0 unspecified atom stereocenters. The molecule has 2 rings (SSSR count). The van der Waals surface area contributed by atoms with Gasteiger partial charge >= 0.3 is 0 Å². The topological polar surface area (TPSA) is 15.3 Å². The molecule has 118 valence electrons. The summed E-state index contributed by atoms with van der Waals surface area (Å²) in [5, 5.41) is 3.53. The molecule has 1 aromatic rings. The van der Waals surface area contributed by atoms with E-state index in [2.05, 4.69) is 62.2 Å². The molecule has 0 heterocycles. The molecule has 2 nitrogen and oxygen atoms in total. The van der Waals surface area contributed by atoms with Crippen LogP contribution in [0.5, 0.6) is 0 Å². The van der Waals surface area contributed by atoms with Gasteiger partial charge < -0.3 is 5.32 Å². The molecule has 1 aliphatic rings. The fraction of sp³-hybridized carbons (Fsp3) is 0.684. The lowest BCUT2D eigenvalue weighted by Gasteiger charge is -2.25.